The number of hydrogen-bond acceptors (Lipinski definition) is 2. The molecular formula is C15H24ClNS. The summed E-state index contributed by atoms with van der Waals surface area (Å²) in [5.41, 5.74) is 1.33. The number of halogens is 1. The Morgan fingerprint density at radius 3 is 2.39 bits per heavy atom. The van der Waals surface area contributed by atoms with Gasteiger partial charge in [0.15, 0.2) is 0 Å². The van der Waals surface area contributed by atoms with E-state index in [1.165, 1.54) is 24.2 Å². The molecule has 0 aliphatic carbocycles. The molecule has 0 fully saturated rings. The molecule has 1 rings (SSSR count). The Morgan fingerprint density at radius 1 is 1.17 bits per heavy atom. The van der Waals surface area contributed by atoms with Crippen molar-refractivity contribution in [2.24, 2.45) is 5.92 Å². The van der Waals surface area contributed by atoms with E-state index in [4.69, 9.17) is 11.6 Å². The van der Waals surface area contributed by atoms with E-state index in [0.29, 0.717) is 12.0 Å². The average Bonchev–Trinajstić information content (AvgIpc) is 2.35. The molecule has 1 unspecified atom stereocenters. The fourth-order valence-corrected chi connectivity index (χ4v) is 2.66. The van der Waals surface area contributed by atoms with Gasteiger partial charge in [-0.15, -0.1) is 0 Å². The van der Waals surface area contributed by atoms with Crippen LogP contribution in [0.2, 0.25) is 5.02 Å². The quantitative estimate of drug-likeness (QED) is 0.691. The summed E-state index contributed by atoms with van der Waals surface area (Å²) in [6, 6.07) is 8.63. The number of benzene rings is 1. The molecule has 1 nitrogen and oxygen atoms in total. The van der Waals surface area contributed by atoms with E-state index < -0.39 is 0 Å². The number of thioether (sulfide) groups is 1. The van der Waals surface area contributed by atoms with Crippen LogP contribution in [0.25, 0.3) is 0 Å². The highest BCUT2D eigenvalue weighted by Crippen LogP contribution is 2.23. The Balaban J connectivity index is 2.47. The van der Waals surface area contributed by atoms with Crippen molar-refractivity contribution in [2.75, 3.05) is 18.6 Å². The summed E-state index contributed by atoms with van der Waals surface area (Å²) in [6.45, 7) is 5.61. The molecule has 0 aliphatic rings. The van der Waals surface area contributed by atoms with Gasteiger partial charge < -0.3 is 5.32 Å². The lowest BCUT2D eigenvalue weighted by Crippen LogP contribution is -2.26. The van der Waals surface area contributed by atoms with Crippen LogP contribution in [0.1, 0.15) is 38.3 Å². The second-order valence-corrected chi connectivity index (χ2v) is 6.35. The minimum atomic E-state index is 0.427. The summed E-state index contributed by atoms with van der Waals surface area (Å²) in [4.78, 5) is 0. The maximum absolute atomic E-state index is 5.93. The lowest BCUT2D eigenvalue weighted by Gasteiger charge is -2.23. The smallest absolute Gasteiger partial charge is 0.0406 e. The second-order valence-electron chi connectivity index (χ2n) is 4.93. The summed E-state index contributed by atoms with van der Waals surface area (Å²) in [6.07, 6.45) is 4.70. The highest BCUT2D eigenvalue weighted by molar-refractivity contribution is 7.98. The standard InChI is InChI=1S/C15H24ClNS/c1-12(2)15(17-10-4-5-11-18-3)13-6-8-14(16)9-7-13/h6-9,12,15,17H,4-5,10-11H2,1-3H3. The Kier molecular flexibility index (Phi) is 7.80. The van der Waals surface area contributed by atoms with Crippen LogP contribution in [0.4, 0.5) is 0 Å². The van der Waals surface area contributed by atoms with E-state index in [0.717, 1.165) is 11.6 Å². The van der Waals surface area contributed by atoms with Gasteiger partial charge in [-0.2, -0.15) is 11.8 Å². The van der Waals surface area contributed by atoms with Crippen molar-refractivity contribution in [2.45, 2.75) is 32.7 Å². The number of unbranched alkanes of at least 4 members (excludes halogenated alkanes) is 1. The molecule has 1 N–H and O–H groups in total. The molecule has 0 saturated heterocycles. The van der Waals surface area contributed by atoms with E-state index in [1.54, 1.807) is 0 Å². The van der Waals surface area contributed by atoms with E-state index in [9.17, 15) is 0 Å². The molecule has 0 heterocycles. The summed E-state index contributed by atoms with van der Waals surface area (Å²) >= 11 is 7.86. The molecule has 1 aromatic rings. The van der Waals surface area contributed by atoms with Gasteiger partial charge in [0.05, 0.1) is 0 Å². The zero-order chi connectivity index (χ0) is 13.4. The molecule has 0 radical (unpaired) electrons. The molecular weight excluding hydrogens is 262 g/mol. The van der Waals surface area contributed by atoms with Crippen LogP contribution in [0.15, 0.2) is 24.3 Å². The molecule has 3 heteroatoms. The number of nitrogens with one attached hydrogen (secondary N) is 1. The topological polar surface area (TPSA) is 12.0 Å². The first-order valence-electron chi connectivity index (χ1n) is 6.63. The Labute approximate surface area is 121 Å². The predicted octanol–water partition coefficient (Wildman–Crippen LogP) is 4.77. The van der Waals surface area contributed by atoms with Crippen molar-refractivity contribution in [3.63, 3.8) is 0 Å². The molecule has 0 saturated carbocycles. The normalized spacial score (nSPS) is 12.9. The van der Waals surface area contributed by atoms with Crippen LogP contribution < -0.4 is 5.32 Å². The van der Waals surface area contributed by atoms with E-state index in [-0.39, 0.29) is 0 Å². The fourth-order valence-electron chi connectivity index (χ4n) is 2.04. The van der Waals surface area contributed by atoms with Gasteiger partial charge in [0.25, 0.3) is 0 Å². The first kappa shape index (κ1) is 15.9. The third kappa shape index (κ3) is 5.64. The summed E-state index contributed by atoms with van der Waals surface area (Å²) in [7, 11) is 0. The minimum Gasteiger partial charge on any atom is -0.310 e. The van der Waals surface area contributed by atoms with E-state index in [1.807, 2.05) is 23.9 Å². The van der Waals surface area contributed by atoms with Gasteiger partial charge in [-0.05, 0) is 55.0 Å². The molecule has 0 aromatic heterocycles. The fraction of sp³-hybridized carbons (Fsp3) is 0.600. The third-order valence-electron chi connectivity index (χ3n) is 3.04. The lowest BCUT2D eigenvalue weighted by atomic mass is 9.96. The zero-order valence-corrected chi connectivity index (χ0v) is 13.2. The van der Waals surface area contributed by atoms with Crippen LogP contribution in [0, 0.1) is 5.92 Å². The van der Waals surface area contributed by atoms with Gasteiger partial charge in [0, 0.05) is 11.1 Å². The van der Waals surface area contributed by atoms with Crippen LogP contribution in [0.5, 0.6) is 0 Å². The first-order chi connectivity index (χ1) is 8.65. The number of rotatable bonds is 8. The lowest BCUT2D eigenvalue weighted by molar-refractivity contribution is 0.409. The van der Waals surface area contributed by atoms with Crippen molar-refractivity contribution in [3.05, 3.63) is 34.9 Å². The highest BCUT2D eigenvalue weighted by atomic mass is 35.5. The predicted molar refractivity (Wildman–Crippen MR) is 84.6 cm³/mol. The number of hydrogen-bond donors (Lipinski definition) is 1. The van der Waals surface area contributed by atoms with Crippen molar-refractivity contribution in [1.29, 1.82) is 0 Å². The van der Waals surface area contributed by atoms with Crippen molar-refractivity contribution < 1.29 is 0 Å². The van der Waals surface area contributed by atoms with Crippen molar-refractivity contribution in [3.8, 4) is 0 Å². The van der Waals surface area contributed by atoms with Gasteiger partial charge in [-0.3, -0.25) is 0 Å². The van der Waals surface area contributed by atoms with Crippen LogP contribution in [0.3, 0.4) is 0 Å². The molecule has 102 valence electrons. The van der Waals surface area contributed by atoms with Gasteiger partial charge in [0.1, 0.15) is 0 Å². The van der Waals surface area contributed by atoms with Gasteiger partial charge >= 0.3 is 0 Å². The molecule has 1 atom stereocenters. The molecule has 0 aliphatic heterocycles. The van der Waals surface area contributed by atoms with Gasteiger partial charge in [-0.1, -0.05) is 37.6 Å². The van der Waals surface area contributed by atoms with Crippen LogP contribution in [-0.2, 0) is 0 Å². The Morgan fingerprint density at radius 2 is 1.83 bits per heavy atom. The van der Waals surface area contributed by atoms with E-state index >= 15 is 0 Å². The van der Waals surface area contributed by atoms with Crippen molar-refractivity contribution in [1.82, 2.24) is 5.32 Å². The van der Waals surface area contributed by atoms with Crippen LogP contribution >= 0.6 is 23.4 Å². The monoisotopic (exact) mass is 285 g/mol. The average molecular weight is 286 g/mol. The largest absolute Gasteiger partial charge is 0.310 e. The zero-order valence-electron chi connectivity index (χ0n) is 11.6. The minimum absolute atomic E-state index is 0.427. The maximum atomic E-state index is 5.93. The maximum Gasteiger partial charge on any atom is 0.0406 e. The SMILES string of the molecule is CSCCCCNC(c1ccc(Cl)cc1)C(C)C. The van der Waals surface area contributed by atoms with Crippen molar-refractivity contribution >= 4 is 23.4 Å². The first-order valence-corrected chi connectivity index (χ1v) is 8.40. The summed E-state index contributed by atoms with van der Waals surface area (Å²) < 4.78 is 0. The van der Waals surface area contributed by atoms with Crippen LogP contribution in [-0.4, -0.2) is 18.6 Å². The second kappa shape index (κ2) is 8.84. The molecule has 1 aromatic carbocycles. The molecule has 0 amide bonds. The molecule has 0 bridgehead atoms. The summed E-state index contributed by atoms with van der Waals surface area (Å²) in [5, 5.41) is 4.47. The Bertz CT molecular complexity index is 324. The summed E-state index contributed by atoms with van der Waals surface area (Å²) in [5.74, 6) is 1.85. The van der Waals surface area contributed by atoms with E-state index in [2.05, 4.69) is 37.6 Å². The molecule has 0 spiro atoms. The highest BCUT2D eigenvalue weighted by Gasteiger charge is 2.14. The van der Waals surface area contributed by atoms with Gasteiger partial charge in [-0.25, -0.2) is 0 Å². The molecule has 18 heavy (non-hydrogen) atoms. The van der Waals surface area contributed by atoms with Gasteiger partial charge in [0.2, 0.25) is 0 Å². The third-order valence-corrected chi connectivity index (χ3v) is 3.98. The Hall–Kier alpha value is -0.180.